The quantitative estimate of drug-likeness (QED) is 0.622. The number of nitrogens with zero attached hydrogens (tertiary/aromatic N) is 3. The number of carbonyl (C=O) groups excluding carboxylic acids is 3. The summed E-state index contributed by atoms with van der Waals surface area (Å²) >= 11 is 0. The van der Waals surface area contributed by atoms with Gasteiger partial charge in [0, 0.05) is 25.2 Å². The molecular formula is C23H31F3N4O4. The number of ketones is 1. The van der Waals surface area contributed by atoms with E-state index in [9.17, 15) is 27.6 Å². The maximum absolute atomic E-state index is 13.4. The van der Waals surface area contributed by atoms with Crippen LogP contribution in [0.25, 0.3) is 0 Å². The Balaban J connectivity index is 1.86. The minimum atomic E-state index is -4.62. The van der Waals surface area contributed by atoms with Crippen molar-refractivity contribution in [2.24, 2.45) is 5.73 Å². The van der Waals surface area contributed by atoms with E-state index in [1.54, 1.807) is 9.80 Å². The predicted molar refractivity (Wildman–Crippen MR) is 118 cm³/mol. The van der Waals surface area contributed by atoms with Crippen LogP contribution in [0, 0.1) is 0 Å². The Labute approximate surface area is 196 Å². The number of hydrogen-bond acceptors (Lipinski definition) is 6. The highest BCUT2D eigenvalue weighted by Crippen LogP contribution is 2.31. The van der Waals surface area contributed by atoms with Crippen LogP contribution in [0.5, 0.6) is 0 Å². The average molecular weight is 485 g/mol. The van der Waals surface area contributed by atoms with E-state index in [2.05, 4.69) is 4.90 Å². The van der Waals surface area contributed by atoms with E-state index in [1.165, 1.54) is 13.2 Å². The number of rotatable bonds is 6. The van der Waals surface area contributed by atoms with Crippen molar-refractivity contribution < 1.29 is 32.3 Å². The lowest BCUT2D eigenvalue weighted by molar-refractivity contribution is -0.137. The van der Waals surface area contributed by atoms with Crippen molar-refractivity contribution in [3.8, 4) is 0 Å². The molecule has 2 atom stereocenters. The minimum Gasteiger partial charge on any atom is -0.453 e. The standard InChI is InChI=1S/C23H31F3N4O4/c1-15-19(14-28-7-3-4-8-28)30(10-9-29(15)22(33)34-2)21(32)11-16-5-6-17(23(24,25)26)12-18(16)20(31)13-27/h5-6,12,15,19H,3-4,7-11,13-14,27H2,1-2H3. The molecule has 2 unspecified atom stereocenters. The van der Waals surface area contributed by atoms with Gasteiger partial charge in [-0.15, -0.1) is 0 Å². The molecule has 2 aliphatic heterocycles. The summed E-state index contributed by atoms with van der Waals surface area (Å²) in [7, 11) is 1.31. The normalized spacial score (nSPS) is 21.6. The van der Waals surface area contributed by atoms with E-state index in [1.807, 2.05) is 6.92 Å². The fraction of sp³-hybridized carbons (Fsp3) is 0.609. The second-order valence-corrected chi connectivity index (χ2v) is 8.74. The first-order valence-corrected chi connectivity index (χ1v) is 11.4. The zero-order chi connectivity index (χ0) is 25.0. The van der Waals surface area contributed by atoms with Gasteiger partial charge in [-0.3, -0.25) is 9.59 Å². The fourth-order valence-electron chi connectivity index (χ4n) is 4.76. The molecule has 2 fully saturated rings. The van der Waals surface area contributed by atoms with Gasteiger partial charge in [0.1, 0.15) is 0 Å². The molecule has 34 heavy (non-hydrogen) atoms. The van der Waals surface area contributed by atoms with Crippen molar-refractivity contribution >= 4 is 17.8 Å². The van der Waals surface area contributed by atoms with Crippen LogP contribution in [0.3, 0.4) is 0 Å². The van der Waals surface area contributed by atoms with Crippen LogP contribution >= 0.6 is 0 Å². The van der Waals surface area contributed by atoms with Gasteiger partial charge in [0.15, 0.2) is 5.78 Å². The SMILES string of the molecule is COC(=O)N1CCN(C(=O)Cc2ccc(C(F)(F)F)cc2C(=O)CN)C(CN2CCCC2)C1C. The van der Waals surface area contributed by atoms with E-state index in [0.29, 0.717) is 6.54 Å². The topological polar surface area (TPSA) is 96.2 Å². The van der Waals surface area contributed by atoms with Gasteiger partial charge in [0.25, 0.3) is 0 Å². The maximum atomic E-state index is 13.4. The third kappa shape index (κ3) is 5.69. The Morgan fingerprint density at radius 2 is 1.74 bits per heavy atom. The second-order valence-electron chi connectivity index (χ2n) is 8.74. The summed E-state index contributed by atoms with van der Waals surface area (Å²) in [5.74, 6) is -0.974. The summed E-state index contributed by atoms with van der Waals surface area (Å²) in [6.45, 7) is 4.31. The average Bonchev–Trinajstić information content (AvgIpc) is 3.32. The van der Waals surface area contributed by atoms with E-state index in [0.717, 1.165) is 38.1 Å². The molecule has 8 nitrogen and oxygen atoms in total. The van der Waals surface area contributed by atoms with Crippen molar-refractivity contribution in [3.05, 3.63) is 34.9 Å². The summed E-state index contributed by atoms with van der Waals surface area (Å²) in [6, 6.07) is 2.17. The van der Waals surface area contributed by atoms with Crippen molar-refractivity contribution in [2.75, 3.05) is 46.4 Å². The molecule has 11 heteroatoms. The summed E-state index contributed by atoms with van der Waals surface area (Å²) in [5.41, 5.74) is 4.46. The second kappa shape index (κ2) is 10.7. The zero-order valence-corrected chi connectivity index (χ0v) is 19.4. The van der Waals surface area contributed by atoms with Gasteiger partial charge in [-0.25, -0.2) is 4.79 Å². The Morgan fingerprint density at radius 3 is 2.32 bits per heavy atom. The molecule has 0 radical (unpaired) electrons. The van der Waals surface area contributed by atoms with Crippen LogP contribution in [0.4, 0.5) is 18.0 Å². The van der Waals surface area contributed by atoms with Gasteiger partial charge in [-0.05, 0) is 50.6 Å². The van der Waals surface area contributed by atoms with Crippen LogP contribution in [0.2, 0.25) is 0 Å². The van der Waals surface area contributed by atoms with Crippen LogP contribution < -0.4 is 5.73 Å². The third-order valence-electron chi connectivity index (χ3n) is 6.67. The number of hydrogen-bond donors (Lipinski definition) is 1. The van der Waals surface area contributed by atoms with E-state index in [4.69, 9.17) is 10.5 Å². The molecule has 0 aromatic heterocycles. The van der Waals surface area contributed by atoms with Gasteiger partial charge >= 0.3 is 12.3 Å². The smallest absolute Gasteiger partial charge is 0.416 e. The summed E-state index contributed by atoms with van der Waals surface area (Å²) < 4.78 is 44.4. The van der Waals surface area contributed by atoms with Crippen LogP contribution in [-0.2, 0) is 22.1 Å². The fourth-order valence-corrected chi connectivity index (χ4v) is 4.76. The molecule has 0 bridgehead atoms. The molecule has 0 aliphatic carbocycles. The third-order valence-corrected chi connectivity index (χ3v) is 6.67. The van der Waals surface area contributed by atoms with Crippen LogP contribution in [0.1, 0.15) is 41.3 Å². The number of piperazine rings is 1. The highest BCUT2D eigenvalue weighted by molar-refractivity contribution is 6.00. The Kier molecular flexibility index (Phi) is 8.19. The molecule has 0 spiro atoms. The van der Waals surface area contributed by atoms with E-state index >= 15 is 0 Å². The number of nitrogens with two attached hydrogens (primary N) is 1. The number of alkyl halides is 3. The van der Waals surface area contributed by atoms with Crippen molar-refractivity contribution in [3.63, 3.8) is 0 Å². The summed E-state index contributed by atoms with van der Waals surface area (Å²) in [6.07, 6.45) is -3.20. The van der Waals surface area contributed by atoms with Crippen LogP contribution in [-0.4, -0.2) is 90.9 Å². The maximum Gasteiger partial charge on any atom is 0.416 e. The lowest BCUT2D eigenvalue weighted by Gasteiger charge is -2.47. The molecular weight excluding hydrogens is 453 g/mol. The molecule has 2 amide bonds. The molecule has 2 saturated heterocycles. The first kappa shape index (κ1) is 26.0. The number of Topliss-reactive ketones (excluding diaryl/α,β-unsaturated/α-hetero) is 1. The van der Waals surface area contributed by atoms with Gasteiger partial charge in [-0.2, -0.15) is 13.2 Å². The van der Waals surface area contributed by atoms with Crippen molar-refractivity contribution in [1.82, 2.24) is 14.7 Å². The Morgan fingerprint density at radius 1 is 1.09 bits per heavy atom. The first-order chi connectivity index (χ1) is 16.1. The monoisotopic (exact) mass is 484 g/mol. The minimum absolute atomic E-state index is 0.192. The largest absolute Gasteiger partial charge is 0.453 e. The predicted octanol–water partition coefficient (Wildman–Crippen LogP) is 2.15. The van der Waals surface area contributed by atoms with Gasteiger partial charge in [-0.1, -0.05) is 6.07 Å². The number of benzene rings is 1. The lowest BCUT2D eigenvalue weighted by Crippen LogP contribution is -2.64. The number of halogens is 3. The highest BCUT2D eigenvalue weighted by atomic mass is 19.4. The number of likely N-dealkylation sites (tertiary alicyclic amines) is 1. The first-order valence-electron chi connectivity index (χ1n) is 11.4. The molecule has 2 heterocycles. The molecule has 0 saturated carbocycles. The number of carbonyl (C=O) groups is 3. The number of amides is 2. The van der Waals surface area contributed by atoms with E-state index < -0.39 is 30.2 Å². The highest BCUT2D eigenvalue weighted by Gasteiger charge is 2.40. The van der Waals surface area contributed by atoms with Gasteiger partial charge in [0.2, 0.25) is 5.91 Å². The zero-order valence-electron chi connectivity index (χ0n) is 19.4. The molecule has 3 rings (SSSR count). The van der Waals surface area contributed by atoms with Gasteiger partial charge in [0.05, 0.1) is 37.7 Å². The summed E-state index contributed by atoms with van der Waals surface area (Å²) in [5, 5.41) is 0. The Bertz CT molecular complexity index is 918. The van der Waals surface area contributed by atoms with Crippen LogP contribution in [0.15, 0.2) is 18.2 Å². The van der Waals surface area contributed by atoms with E-state index in [-0.39, 0.29) is 48.6 Å². The number of ether oxygens (including phenoxy) is 1. The molecule has 2 aliphatic rings. The molecule has 1 aromatic carbocycles. The number of methoxy groups -OCH3 is 1. The molecule has 188 valence electrons. The Hall–Kier alpha value is -2.66. The van der Waals surface area contributed by atoms with Gasteiger partial charge < -0.3 is 25.2 Å². The van der Waals surface area contributed by atoms with Crippen molar-refractivity contribution in [1.29, 1.82) is 0 Å². The van der Waals surface area contributed by atoms with Crippen molar-refractivity contribution in [2.45, 2.75) is 44.4 Å². The molecule has 2 N–H and O–H groups in total. The summed E-state index contributed by atoms with van der Waals surface area (Å²) in [4.78, 5) is 43.4. The lowest BCUT2D eigenvalue weighted by atomic mass is 9.96. The molecule has 1 aromatic rings.